The van der Waals surface area contributed by atoms with Crippen molar-refractivity contribution < 1.29 is 14.3 Å². The van der Waals surface area contributed by atoms with Gasteiger partial charge in [-0.2, -0.15) is 0 Å². The predicted molar refractivity (Wildman–Crippen MR) is 45.7 cm³/mol. The van der Waals surface area contributed by atoms with Gasteiger partial charge in [0.05, 0.1) is 13.2 Å². The van der Waals surface area contributed by atoms with Crippen molar-refractivity contribution in [3.63, 3.8) is 0 Å². The molecule has 12 heavy (non-hydrogen) atoms. The highest BCUT2D eigenvalue weighted by atomic mass is 16.6. The lowest BCUT2D eigenvalue weighted by atomic mass is 10.2. The molecular weight excluding hydrogens is 158 g/mol. The quantitative estimate of drug-likeness (QED) is 0.461. The van der Waals surface area contributed by atoms with Crippen LogP contribution in [0.3, 0.4) is 0 Å². The molecule has 72 valence electrons. The molecule has 0 amide bonds. The third-order valence-electron chi connectivity index (χ3n) is 1.11. The second-order valence-electron chi connectivity index (χ2n) is 2.89. The van der Waals surface area contributed by atoms with E-state index < -0.39 is 0 Å². The Kier molecular flexibility index (Phi) is 6.70. The highest BCUT2D eigenvalue weighted by Crippen LogP contribution is 1.91. The van der Waals surface area contributed by atoms with Gasteiger partial charge in [0.25, 0.3) is 0 Å². The van der Waals surface area contributed by atoms with Crippen molar-refractivity contribution >= 4 is 5.97 Å². The lowest BCUT2D eigenvalue weighted by molar-refractivity contribution is -0.143. The zero-order valence-electron chi connectivity index (χ0n) is 7.71. The maximum atomic E-state index is 10.5. The van der Waals surface area contributed by atoms with Crippen molar-refractivity contribution in [2.24, 2.45) is 11.7 Å². The molecule has 4 heteroatoms. The van der Waals surface area contributed by atoms with E-state index in [0.717, 1.165) is 0 Å². The molecule has 0 aromatic carbocycles. The van der Waals surface area contributed by atoms with Crippen LogP contribution in [0.2, 0.25) is 0 Å². The fraction of sp³-hybridized carbons (Fsp3) is 0.875. The number of nitrogens with two attached hydrogens (primary N) is 1. The maximum Gasteiger partial charge on any atom is 0.319 e. The molecule has 0 atom stereocenters. The summed E-state index contributed by atoms with van der Waals surface area (Å²) in [7, 11) is 0. The van der Waals surface area contributed by atoms with Crippen molar-refractivity contribution in [3.05, 3.63) is 0 Å². The van der Waals surface area contributed by atoms with Crippen LogP contribution >= 0.6 is 0 Å². The van der Waals surface area contributed by atoms with Gasteiger partial charge >= 0.3 is 5.97 Å². The molecule has 0 aliphatic heterocycles. The summed E-state index contributed by atoms with van der Waals surface area (Å²) in [5.41, 5.74) is 5.02. The summed E-state index contributed by atoms with van der Waals surface area (Å²) in [6.45, 7) is 5.49. The third kappa shape index (κ3) is 7.50. The van der Waals surface area contributed by atoms with Crippen LogP contribution in [0.25, 0.3) is 0 Å². The largest absolute Gasteiger partial charge is 0.462 e. The van der Waals surface area contributed by atoms with Gasteiger partial charge in [-0.1, -0.05) is 13.8 Å². The normalized spacial score (nSPS) is 10.3. The second kappa shape index (κ2) is 7.06. The van der Waals surface area contributed by atoms with Crippen molar-refractivity contribution in [2.45, 2.75) is 13.8 Å². The smallest absolute Gasteiger partial charge is 0.319 e. The summed E-state index contributed by atoms with van der Waals surface area (Å²) < 4.78 is 9.86. The van der Waals surface area contributed by atoms with Crippen LogP contribution in [0.4, 0.5) is 0 Å². The van der Waals surface area contributed by atoms with Crippen molar-refractivity contribution in [1.29, 1.82) is 0 Å². The van der Waals surface area contributed by atoms with Crippen molar-refractivity contribution in [2.75, 3.05) is 26.4 Å². The first-order chi connectivity index (χ1) is 5.66. The van der Waals surface area contributed by atoms with Gasteiger partial charge in [-0.05, 0) is 5.92 Å². The molecule has 0 aromatic heterocycles. The monoisotopic (exact) mass is 175 g/mol. The molecule has 0 saturated carbocycles. The number of hydrogen-bond donors (Lipinski definition) is 1. The minimum absolute atomic E-state index is 0.0653. The van der Waals surface area contributed by atoms with Crippen LogP contribution in [-0.2, 0) is 14.3 Å². The van der Waals surface area contributed by atoms with E-state index in [1.165, 1.54) is 0 Å². The Morgan fingerprint density at radius 3 is 2.58 bits per heavy atom. The Bertz CT molecular complexity index is 125. The van der Waals surface area contributed by atoms with Gasteiger partial charge in [-0.25, -0.2) is 0 Å². The summed E-state index contributed by atoms with van der Waals surface area (Å²) in [6.07, 6.45) is 0. The van der Waals surface area contributed by atoms with E-state index in [1.807, 2.05) is 0 Å². The molecule has 0 radical (unpaired) electrons. The molecule has 0 saturated heterocycles. The average Bonchev–Trinajstić information content (AvgIpc) is 2.03. The highest BCUT2D eigenvalue weighted by molar-refractivity contribution is 5.71. The zero-order valence-corrected chi connectivity index (χ0v) is 7.71. The van der Waals surface area contributed by atoms with E-state index in [4.69, 9.17) is 10.5 Å². The van der Waals surface area contributed by atoms with E-state index in [2.05, 4.69) is 18.6 Å². The summed E-state index contributed by atoms with van der Waals surface area (Å²) in [5, 5.41) is 0. The molecule has 0 unspecified atom stereocenters. The fourth-order valence-corrected chi connectivity index (χ4v) is 0.592. The highest BCUT2D eigenvalue weighted by Gasteiger charge is 1.98. The Labute approximate surface area is 73.0 Å². The van der Waals surface area contributed by atoms with Crippen LogP contribution in [0.1, 0.15) is 13.8 Å². The first kappa shape index (κ1) is 11.4. The molecule has 0 aliphatic carbocycles. The summed E-state index contributed by atoms with van der Waals surface area (Å²) >= 11 is 0. The van der Waals surface area contributed by atoms with Crippen molar-refractivity contribution in [3.8, 4) is 0 Å². The Hall–Kier alpha value is -0.610. The molecule has 0 fully saturated rings. The molecule has 0 heterocycles. The molecule has 0 aromatic rings. The molecule has 0 spiro atoms. The lowest BCUT2D eigenvalue weighted by Crippen LogP contribution is -2.19. The molecule has 4 nitrogen and oxygen atoms in total. The van der Waals surface area contributed by atoms with Gasteiger partial charge in [0, 0.05) is 6.61 Å². The molecule has 0 bridgehead atoms. The summed E-state index contributed by atoms with van der Waals surface area (Å²) in [6, 6.07) is 0. The van der Waals surface area contributed by atoms with E-state index in [1.54, 1.807) is 0 Å². The second-order valence-corrected chi connectivity index (χ2v) is 2.89. The molecular formula is C8H17NO3. The van der Waals surface area contributed by atoms with Gasteiger partial charge in [0.2, 0.25) is 0 Å². The van der Waals surface area contributed by atoms with Gasteiger partial charge in [-0.3, -0.25) is 4.79 Å². The van der Waals surface area contributed by atoms with Crippen LogP contribution in [0.15, 0.2) is 0 Å². The van der Waals surface area contributed by atoms with Crippen LogP contribution in [-0.4, -0.2) is 32.3 Å². The van der Waals surface area contributed by atoms with E-state index in [-0.39, 0.29) is 12.5 Å². The topological polar surface area (TPSA) is 61.5 Å². The van der Waals surface area contributed by atoms with Crippen molar-refractivity contribution in [1.82, 2.24) is 0 Å². The summed E-state index contributed by atoms with van der Waals surface area (Å²) in [4.78, 5) is 10.5. The number of rotatable bonds is 6. The zero-order chi connectivity index (χ0) is 9.40. The SMILES string of the molecule is CC(C)COCCOC(=O)CN. The number of carbonyl (C=O) groups excluding carboxylic acids is 1. The van der Waals surface area contributed by atoms with Crippen LogP contribution in [0, 0.1) is 5.92 Å². The van der Waals surface area contributed by atoms with Gasteiger partial charge in [-0.15, -0.1) is 0 Å². The van der Waals surface area contributed by atoms with Gasteiger partial charge in [0.1, 0.15) is 6.61 Å². The van der Waals surface area contributed by atoms with E-state index in [0.29, 0.717) is 25.7 Å². The molecule has 0 aliphatic rings. The average molecular weight is 175 g/mol. The van der Waals surface area contributed by atoms with Gasteiger partial charge < -0.3 is 15.2 Å². The third-order valence-corrected chi connectivity index (χ3v) is 1.11. The summed E-state index contributed by atoms with van der Waals surface area (Å²) in [5.74, 6) is 0.123. The van der Waals surface area contributed by atoms with Crippen LogP contribution in [0.5, 0.6) is 0 Å². The molecule has 0 rings (SSSR count). The Morgan fingerprint density at radius 1 is 1.42 bits per heavy atom. The Morgan fingerprint density at radius 2 is 2.08 bits per heavy atom. The van der Waals surface area contributed by atoms with E-state index >= 15 is 0 Å². The van der Waals surface area contributed by atoms with Crippen LogP contribution < -0.4 is 5.73 Å². The minimum Gasteiger partial charge on any atom is -0.462 e. The number of ether oxygens (including phenoxy) is 2. The predicted octanol–water partition coefficient (Wildman–Crippen LogP) is 0.161. The lowest BCUT2D eigenvalue weighted by Gasteiger charge is -2.06. The number of carbonyl (C=O) groups is 1. The van der Waals surface area contributed by atoms with E-state index in [9.17, 15) is 4.79 Å². The molecule has 2 N–H and O–H groups in total. The van der Waals surface area contributed by atoms with Gasteiger partial charge in [0.15, 0.2) is 0 Å². The number of hydrogen-bond acceptors (Lipinski definition) is 4. The Balaban J connectivity index is 3.05. The standard InChI is InChI=1S/C8H17NO3/c1-7(2)6-11-3-4-12-8(10)5-9/h7H,3-6,9H2,1-2H3. The minimum atomic E-state index is -0.386. The fourth-order valence-electron chi connectivity index (χ4n) is 0.592. The first-order valence-corrected chi connectivity index (χ1v) is 4.10. The first-order valence-electron chi connectivity index (χ1n) is 4.10. The number of esters is 1. The maximum absolute atomic E-state index is 10.5.